The third kappa shape index (κ3) is 10.7. The highest BCUT2D eigenvalue weighted by Crippen LogP contribution is 2.26. The van der Waals surface area contributed by atoms with Crippen molar-refractivity contribution < 1.29 is 9.47 Å². The largest absolute Gasteiger partial charge is 0.493 e. The normalized spacial score (nSPS) is 10.9. The fourth-order valence-corrected chi connectivity index (χ4v) is 2.86. The van der Waals surface area contributed by atoms with Crippen molar-refractivity contribution in [1.29, 1.82) is 0 Å². The molecule has 0 spiro atoms. The van der Waals surface area contributed by atoms with Crippen molar-refractivity contribution in [1.82, 2.24) is 5.32 Å². The lowest BCUT2D eigenvalue weighted by molar-refractivity contribution is 0.288. The number of ether oxygens (including phenoxy) is 2. The molecule has 1 rings (SSSR count). The van der Waals surface area contributed by atoms with Crippen LogP contribution in [0, 0.1) is 0 Å². The zero-order chi connectivity index (χ0) is 18.9. The molecule has 3 nitrogen and oxygen atoms in total. The second-order valence-corrected chi connectivity index (χ2v) is 7.12. The lowest BCUT2D eigenvalue weighted by Gasteiger charge is -2.15. The highest BCUT2D eigenvalue weighted by molar-refractivity contribution is 5.40. The predicted octanol–water partition coefficient (Wildman–Crippen LogP) is 6.49. The monoisotopic (exact) mass is 363 g/mol. The van der Waals surface area contributed by atoms with Gasteiger partial charge in [0.2, 0.25) is 0 Å². The molecule has 0 aliphatic rings. The molecule has 3 heteroatoms. The number of nitrogens with one attached hydrogen (secondary N) is 1. The second kappa shape index (κ2) is 16.0. The Hall–Kier alpha value is -1.22. The molecule has 0 unspecified atom stereocenters. The summed E-state index contributed by atoms with van der Waals surface area (Å²) in [6.45, 7) is 10.2. The summed E-state index contributed by atoms with van der Waals surface area (Å²) in [4.78, 5) is 0. The van der Waals surface area contributed by atoms with E-state index in [1.165, 1.54) is 56.9 Å². The highest BCUT2D eigenvalue weighted by Gasteiger charge is 2.07. The van der Waals surface area contributed by atoms with E-state index >= 15 is 0 Å². The van der Waals surface area contributed by atoms with Crippen molar-refractivity contribution in [2.24, 2.45) is 0 Å². The topological polar surface area (TPSA) is 30.5 Å². The van der Waals surface area contributed by atoms with E-state index in [4.69, 9.17) is 9.47 Å². The van der Waals surface area contributed by atoms with Crippen LogP contribution in [-0.2, 0) is 6.54 Å². The fraction of sp³-hybridized carbons (Fsp3) is 0.739. The summed E-state index contributed by atoms with van der Waals surface area (Å²) < 4.78 is 12.0. The van der Waals surface area contributed by atoms with Gasteiger partial charge >= 0.3 is 0 Å². The zero-order valence-electron chi connectivity index (χ0n) is 17.4. The van der Waals surface area contributed by atoms with Crippen LogP contribution in [0.2, 0.25) is 0 Å². The number of benzene rings is 1. The average Bonchev–Trinajstić information content (AvgIpc) is 2.66. The van der Waals surface area contributed by atoms with Crippen molar-refractivity contribution >= 4 is 0 Å². The summed E-state index contributed by atoms with van der Waals surface area (Å²) in [6.07, 6.45) is 12.3. The third-order valence-corrected chi connectivity index (χ3v) is 4.58. The van der Waals surface area contributed by atoms with Gasteiger partial charge in [0.25, 0.3) is 0 Å². The first-order chi connectivity index (χ1) is 12.8. The van der Waals surface area contributed by atoms with Gasteiger partial charge in [-0.15, -0.1) is 0 Å². The lowest BCUT2D eigenvalue weighted by Crippen LogP contribution is -2.15. The number of unbranched alkanes of at least 4 members (excludes halogenated alkanes) is 7. The van der Waals surface area contributed by atoms with Crippen LogP contribution in [0.3, 0.4) is 0 Å². The summed E-state index contributed by atoms with van der Waals surface area (Å²) in [5.41, 5.74) is 1.23. The van der Waals surface area contributed by atoms with Gasteiger partial charge < -0.3 is 14.8 Å². The molecule has 0 aliphatic heterocycles. The minimum atomic E-state index is 0.794. The van der Waals surface area contributed by atoms with Crippen molar-refractivity contribution in [2.75, 3.05) is 19.8 Å². The summed E-state index contributed by atoms with van der Waals surface area (Å²) in [7, 11) is 0. The van der Waals surface area contributed by atoms with Crippen LogP contribution in [0.15, 0.2) is 18.2 Å². The summed E-state index contributed by atoms with van der Waals surface area (Å²) in [5, 5.41) is 3.52. The van der Waals surface area contributed by atoms with E-state index < -0.39 is 0 Å². The molecule has 1 aromatic rings. The van der Waals surface area contributed by atoms with E-state index in [0.717, 1.165) is 50.6 Å². The summed E-state index contributed by atoms with van der Waals surface area (Å²) in [6, 6.07) is 6.32. The van der Waals surface area contributed by atoms with Crippen LogP contribution in [-0.4, -0.2) is 19.8 Å². The highest BCUT2D eigenvalue weighted by atomic mass is 16.5. The molecule has 1 N–H and O–H groups in total. The smallest absolute Gasteiger partial charge is 0.127 e. The SMILES string of the molecule is CCCCCCOc1ccc(CNCCCC)c(OCCCCCC)c1. The van der Waals surface area contributed by atoms with Crippen molar-refractivity contribution in [3.8, 4) is 11.5 Å². The molecule has 0 saturated carbocycles. The Labute approximate surface area is 161 Å². The first-order valence-corrected chi connectivity index (χ1v) is 10.9. The zero-order valence-corrected chi connectivity index (χ0v) is 17.4. The minimum Gasteiger partial charge on any atom is -0.493 e. The van der Waals surface area contributed by atoms with E-state index in [0.29, 0.717) is 0 Å². The van der Waals surface area contributed by atoms with Crippen LogP contribution in [0.4, 0.5) is 0 Å². The van der Waals surface area contributed by atoms with Gasteiger partial charge in [0.1, 0.15) is 11.5 Å². The van der Waals surface area contributed by atoms with Crippen LogP contribution in [0.25, 0.3) is 0 Å². The summed E-state index contributed by atoms with van der Waals surface area (Å²) in [5.74, 6) is 1.92. The molecule has 0 heterocycles. The number of hydrogen-bond donors (Lipinski definition) is 1. The molecule has 0 aliphatic carbocycles. The van der Waals surface area contributed by atoms with Gasteiger partial charge in [0, 0.05) is 18.2 Å². The molecule has 0 saturated heterocycles. The number of rotatable bonds is 17. The van der Waals surface area contributed by atoms with Crippen LogP contribution in [0.5, 0.6) is 11.5 Å². The Balaban J connectivity index is 2.53. The van der Waals surface area contributed by atoms with Gasteiger partial charge in [0.15, 0.2) is 0 Å². The second-order valence-electron chi connectivity index (χ2n) is 7.12. The molecular weight excluding hydrogens is 322 g/mol. The molecule has 150 valence electrons. The Morgan fingerprint density at radius 1 is 0.731 bits per heavy atom. The quantitative estimate of drug-likeness (QED) is 0.321. The van der Waals surface area contributed by atoms with Gasteiger partial charge in [0.05, 0.1) is 13.2 Å². The Bertz CT molecular complexity index is 448. The van der Waals surface area contributed by atoms with E-state index in [1.807, 2.05) is 0 Å². The Morgan fingerprint density at radius 3 is 2.04 bits per heavy atom. The molecule has 0 amide bonds. The molecule has 26 heavy (non-hydrogen) atoms. The molecule has 0 atom stereocenters. The van der Waals surface area contributed by atoms with Crippen LogP contribution < -0.4 is 14.8 Å². The minimum absolute atomic E-state index is 0.794. The standard InChI is InChI=1S/C23H41NO2/c1-4-7-10-12-17-25-22-15-14-21(20-24-16-9-6-3)23(19-22)26-18-13-11-8-5-2/h14-15,19,24H,4-13,16-18,20H2,1-3H3. The fourth-order valence-electron chi connectivity index (χ4n) is 2.86. The molecular formula is C23H41NO2. The van der Waals surface area contributed by atoms with Gasteiger partial charge in [-0.1, -0.05) is 71.8 Å². The maximum absolute atomic E-state index is 6.11. The van der Waals surface area contributed by atoms with Crippen molar-refractivity contribution in [3.05, 3.63) is 23.8 Å². The lowest BCUT2D eigenvalue weighted by atomic mass is 10.1. The molecule has 0 aromatic heterocycles. The van der Waals surface area contributed by atoms with E-state index in [9.17, 15) is 0 Å². The molecule has 0 fully saturated rings. The Morgan fingerprint density at radius 2 is 1.38 bits per heavy atom. The predicted molar refractivity (Wildman–Crippen MR) is 112 cm³/mol. The number of hydrogen-bond acceptors (Lipinski definition) is 3. The van der Waals surface area contributed by atoms with E-state index in [1.54, 1.807) is 0 Å². The first kappa shape index (κ1) is 22.8. The van der Waals surface area contributed by atoms with Crippen molar-refractivity contribution in [3.63, 3.8) is 0 Å². The van der Waals surface area contributed by atoms with E-state index in [2.05, 4.69) is 44.3 Å². The average molecular weight is 364 g/mol. The van der Waals surface area contributed by atoms with Gasteiger partial charge in [-0.3, -0.25) is 0 Å². The van der Waals surface area contributed by atoms with Gasteiger partial charge in [-0.05, 0) is 31.9 Å². The molecule has 1 aromatic carbocycles. The van der Waals surface area contributed by atoms with Gasteiger partial charge in [-0.2, -0.15) is 0 Å². The van der Waals surface area contributed by atoms with Crippen molar-refractivity contribution in [2.45, 2.75) is 91.5 Å². The first-order valence-electron chi connectivity index (χ1n) is 10.9. The van der Waals surface area contributed by atoms with Crippen LogP contribution in [0.1, 0.15) is 90.5 Å². The maximum atomic E-state index is 6.11. The van der Waals surface area contributed by atoms with E-state index in [-0.39, 0.29) is 0 Å². The Kier molecular flexibility index (Phi) is 14.0. The molecule has 0 radical (unpaired) electrons. The van der Waals surface area contributed by atoms with Gasteiger partial charge in [-0.25, -0.2) is 0 Å². The third-order valence-electron chi connectivity index (χ3n) is 4.58. The van der Waals surface area contributed by atoms with Crippen LogP contribution >= 0.6 is 0 Å². The maximum Gasteiger partial charge on any atom is 0.127 e. The molecule has 0 bridgehead atoms. The summed E-state index contributed by atoms with van der Waals surface area (Å²) >= 11 is 0.